The number of pyridine rings is 2. The Kier molecular flexibility index (Phi) is 5.40. The fraction of sp³-hybridized carbons (Fsp3) is 0.0435. The number of hydrogen-bond acceptors (Lipinski definition) is 6. The first-order valence-corrected chi connectivity index (χ1v) is 8.95. The summed E-state index contributed by atoms with van der Waals surface area (Å²) in [6.07, 6.45) is 6.99. The average Bonchev–Trinajstić information content (AvgIpc) is 3.20. The standard InChI is InChI=1S/C23H16N4O2/c24-14-18-10-12-22(26-15-18)28-16-19-21(11-9-17-6-2-1-3-7-17)29-27-23(19)20-8-4-5-13-25-20/h1-13,15H,16H2/b11-9+. The summed E-state index contributed by atoms with van der Waals surface area (Å²) in [5.74, 6) is 0.998. The third-order valence-corrected chi connectivity index (χ3v) is 4.18. The number of aromatic nitrogens is 3. The van der Waals surface area contributed by atoms with Gasteiger partial charge in [-0.3, -0.25) is 4.98 Å². The van der Waals surface area contributed by atoms with Crippen molar-refractivity contribution in [3.8, 4) is 23.3 Å². The second-order valence-corrected chi connectivity index (χ2v) is 6.12. The lowest BCUT2D eigenvalue weighted by molar-refractivity contribution is 0.292. The summed E-state index contributed by atoms with van der Waals surface area (Å²) in [5, 5.41) is 13.1. The molecule has 4 rings (SSSR count). The molecule has 0 saturated carbocycles. The number of ether oxygens (including phenoxy) is 1. The van der Waals surface area contributed by atoms with Crippen molar-refractivity contribution in [3.05, 3.63) is 95.5 Å². The molecule has 0 amide bonds. The Hall–Kier alpha value is -4.24. The highest BCUT2D eigenvalue weighted by atomic mass is 16.5. The molecular weight excluding hydrogens is 364 g/mol. The molecule has 0 N–H and O–H groups in total. The van der Waals surface area contributed by atoms with E-state index in [-0.39, 0.29) is 6.61 Å². The third-order valence-electron chi connectivity index (χ3n) is 4.18. The highest BCUT2D eigenvalue weighted by Gasteiger charge is 2.18. The zero-order valence-corrected chi connectivity index (χ0v) is 15.4. The molecule has 0 radical (unpaired) electrons. The Morgan fingerprint density at radius 1 is 0.966 bits per heavy atom. The van der Waals surface area contributed by atoms with Crippen LogP contribution < -0.4 is 4.74 Å². The van der Waals surface area contributed by atoms with E-state index in [2.05, 4.69) is 15.1 Å². The zero-order valence-electron chi connectivity index (χ0n) is 15.4. The summed E-state index contributed by atoms with van der Waals surface area (Å²) in [7, 11) is 0. The lowest BCUT2D eigenvalue weighted by Gasteiger charge is -2.06. The van der Waals surface area contributed by atoms with Gasteiger partial charge in [-0.05, 0) is 29.8 Å². The summed E-state index contributed by atoms with van der Waals surface area (Å²) >= 11 is 0. The van der Waals surface area contributed by atoms with Crippen molar-refractivity contribution in [2.75, 3.05) is 0 Å². The normalized spacial score (nSPS) is 10.7. The lowest BCUT2D eigenvalue weighted by atomic mass is 10.1. The molecule has 0 atom stereocenters. The molecule has 0 aliphatic carbocycles. The van der Waals surface area contributed by atoms with Crippen molar-refractivity contribution >= 4 is 12.2 Å². The highest BCUT2D eigenvalue weighted by molar-refractivity contribution is 5.72. The maximum Gasteiger partial charge on any atom is 0.213 e. The van der Waals surface area contributed by atoms with Gasteiger partial charge in [0.15, 0.2) is 5.76 Å². The first kappa shape index (κ1) is 18.1. The topological polar surface area (TPSA) is 84.8 Å². The maximum atomic E-state index is 8.89. The van der Waals surface area contributed by atoms with E-state index < -0.39 is 0 Å². The summed E-state index contributed by atoms with van der Waals surface area (Å²) in [6, 6.07) is 20.9. The molecule has 0 fully saturated rings. The number of hydrogen-bond donors (Lipinski definition) is 0. The van der Waals surface area contributed by atoms with Gasteiger partial charge in [0.1, 0.15) is 18.4 Å². The highest BCUT2D eigenvalue weighted by Crippen LogP contribution is 2.26. The molecule has 6 nitrogen and oxygen atoms in total. The SMILES string of the molecule is N#Cc1ccc(OCc2c(-c3ccccn3)noc2/C=C/c2ccccc2)nc1. The molecule has 0 unspecified atom stereocenters. The number of rotatable bonds is 6. The Balaban J connectivity index is 1.63. The molecule has 4 aromatic rings. The predicted molar refractivity (Wildman–Crippen MR) is 108 cm³/mol. The molecule has 0 bridgehead atoms. The van der Waals surface area contributed by atoms with Crippen LogP contribution in [-0.2, 0) is 6.61 Å². The van der Waals surface area contributed by atoms with E-state index in [0.29, 0.717) is 28.6 Å². The van der Waals surface area contributed by atoms with E-state index in [4.69, 9.17) is 14.5 Å². The zero-order chi connectivity index (χ0) is 19.9. The van der Waals surface area contributed by atoms with Crippen LogP contribution in [0, 0.1) is 11.3 Å². The van der Waals surface area contributed by atoms with E-state index in [9.17, 15) is 0 Å². The fourth-order valence-corrected chi connectivity index (χ4v) is 2.71. The van der Waals surface area contributed by atoms with Crippen molar-refractivity contribution < 1.29 is 9.26 Å². The predicted octanol–water partition coefficient (Wildman–Crippen LogP) is 4.75. The van der Waals surface area contributed by atoms with Crippen molar-refractivity contribution in [3.63, 3.8) is 0 Å². The monoisotopic (exact) mass is 380 g/mol. The molecule has 0 aliphatic rings. The number of nitrogens with zero attached hydrogens (tertiary/aromatic N) is 4. The smallest absolute Gasteiger partial charge is 0.213 e. The minimum Gasteiger partial charge on any atom is -0.473 e. The van der Waals surface area contributed by atoms with Gasteiger partial charge < -0.3 is 9.26 Å². The van der Waals surface area contributed by atoms with Crippen LogP contribution in [0.25, 0.3) is 23.5 Å². The van der Waals surface area contributed by atoms with Crippen LogP contribution in [0.1, 0.15) is 22.5 Å². The second-order valence-electron chi connectivity index (χ2n) is 6.12. The molecular formula is C23H16N4O2. The lowest BCUT2D eigenvalue weighted by Crippen LogP contribution is -2.00. The summed E-state index contributed by atoms with van der Waals surface area (Å²) in [5.41, 5.74) is 3.60. The van der Waals surface area contributed by atoms with E-state index in [0.717, 1.165) is 11.1 Å². The van der Waals surface area contributed by atoms with Gasteiger partial charge in [0.2, 0.25) is 5.88 Å². The molecule has 29 heavy (non-hydrogen) atoms. The minimum absolute atomic E-state index is 0.197. The molecule has 6 heteroatoms. The first-order valence-electron chi connectivity index (χ1n) is 8.95. The molecule has 3 heterocycles. The quantitative estimate of drug-likeness (QED) is 0.480. The van der Waals surface area contributed by atoms with Gasteiger partial charge in [0.25, 0.3) is 0 Å². The Morgan fingerprint density at radius 3 is 2.55 bits per heavy atom. The number of benzene rings is 1. The van der Waals surface area contributed by atoms with Gasteiger partial charge >= 0.3 is 0 Å². The van der Waals surface area contributed by atoms with Crippen LogP contribution >= 0.6 is 0 Å². The summed E-state index contributed by atoms with van der Waals surface area (Å²) in [4.78, 5) is 8.51. The van der Waals surface area contributed by atoms with Crippen LogP contribution in [0.5, 0.6) is 5.88 Å². The van der Waals surface area contributed by atoms with E-state index >= 15 is 0 Å². The molecule has 3 aromatic heterocycles. The van der Waals surface area contributed by atoms with Gasteiger partial charge in [-0.1, -0.05) is 47.6 Å². The second kappa shape index (κ2) is 8.63. The van der Waals surface area contributed by atoms with Crippen molar-refractivity contribution in [2.45, 2.75) is 6.61 Å². The third kappa shape index (κ3) is 4.37. The minimum atomic E-state index is 0.197. The van der Waals surface area contributed by atoms with Crippen LogP contribution in [-0.4, -0.2) is 15.1 Å². The summed E-state index contributed by atoms with van der Waals surface area (Å²) < 4.78 is 11.4. The average molecular weight is 380 g/mol. The molecule has 0 saturated heterocycles. The molecule has 1 aromatic carbocycles. The van der Waals surface area contributed by atoms with E-state index in [1.54, 1.807) is 18.3 Å². The summed E-state index contributed by atoms with van der Waals surface area (Å²) in [6.45, 7) is 0.197. The molecule has 140 valence electrons. The van der Waals surface area contributed by atoms with Gasteiger partial charge in [-0.25, -0.2) is 4.98 Å². The van der Waals surface area contributed by atoms with E-state index in [1.165, 1.54) is 6.20 Å². The Labute approximate surface area is 167 Å². The fourth-order valence-electron chi connectivity index (χ4n) is 2.71. The van der Waals surface area contributed by atoms with E-state index in [1.807, 2.05) is 66.8 Å². The van der Waals surface area contributed by atoms with Gasteiger partial charge in [0, 0.05) is 18.5 Å². The van der Waals surface area contributed by atoms with Crippen LogP contribution in [0.3, 0.4) is 0 Å². The van der Waals surface area contributed by atoms with Gasteiger partial charge in [-0.2, -0.15) is 5.26 Å². The van der Waals surface area contributed by atoms with Gasteiger partial charge in [-0.15, -0.1) is 0 Å². The molecule has 0 aliphatic heterocycles. The maximum absolute atomic E-state index is 8.89. The largest absolute Gasteiger partial charge is 0.473 e. The van der Waals surface area contributed by atoms with Crippen LogP contribution in [0.15, 0.2) is 77.6 Å². The molecule has 0 spiro atoms. The number of nitriles is 1. The Morgan fingerprint density at radius 2 is 1.83 bits per heavy atom. The van der Waals surface area contributed by atoms with Crippen molar-refractivity contribution in [2.24, 2.45) is 0 Å². The first-order chi connectivity index (χ1) is 14.3. The van der Waals surface area contributed by atoms with Crippen molar-refractivity contribution in [1.82, 2.24) is 15.1 Å². The van der Waals surface area contributed by atoms with Crippen LogP contribution in [0.2, 0.25) is 0 Å². The van der Waals surface area contributed by atoms with Gasteiger partial charge in [0.05, 0.1) is 16.8 Å². The van der Waals surface area contributed by atoms with Crippen LogP contribution in [0.4, 0.5) is 0 Å². The van der Waals surface area contributed by atoms with Crippen molar-refractivity contribution in [1.29, 1.82) is 5.26 Å². The Bertz CT molecular complexity index is 1150.